The average molecular weight is 459 g/mol. The first-order chi connectivity index (χ1) is 15.2. The minimum absolute atomic E-state index is 0.0418. The third-order valence-electron chi connectivity index (χ3n) is 13.7. The van der Waals surface area contributed by atoms with Crippen molar-refractivity contribution in [2.45, 2.75) is 137 Å². The molecule has 1 aliphatic heterocycles. The summed E-state index contributed by atoms with van der Waals surface area (Å²) in [6, 6.07) is 0. The standard InChI is InChI=1S/C30H50O3/c1-18-8-11-23(26(4,5)32)33-19-16-28(7)21-10-9-20-25(2,3)22(31)12-13-29(20)17-30(21,29)15-14-27(28,6)24(18)19/h18-24,31-32H,8-17H2,1-7H3/t18-,19+,20+,21-,22+,23-,24+,27-,28+,29-,30+/m1/s1. The number of hydrogen-bond acceptors (Lipinski definition) is 3. The molecule has 3 heteroatoms. The Bertz CT molecular complexity index is 829. The lowest BCUT2D eigenvalue weighted by Gasteiger charge is -2.63. The van der Waals surface area contributed by atoms with Crippen LogP contribution in [-0.2, 0) is 4.74 Å². The maximum absolute atomic E-state index is 10.9. The van der Waals surface area contributed by atoms with Gasteiger partial charge in [0, 0.05) is 0 Å². The Labute approximate surface area is 202 Å². The van der Waals surface area contributed by atoms with Crippen LogP contribution < -0.4 is 0 Å². The van der Waals surface area contributed by atoms with Crippen LogP contribution in [0.5, 0.6) is 0 Å². The molecule has 2 N–H and O–H groups in total. The van der Waals surface area contributed by atoms with E-state index in [1.807, 2.05) is 13.8 Å². The van der Waals surface area contributed by atoms with Crippen molar-refractivity contribution in [1.82, 2.24) is 0 Å². The van der Waals surface area contributed by atoms with Crippen LogP contribution in [0.25, 0.3) is 0 Å². The first kappa shape index (κ1) is 23.3. The fourth-order valence-electron chi connectivity index (χ4n) is 11.9. The van der Waals surface area contributed by atoms with Gasteiger partial charge in [0.25, 0.3) is 0 Å². The first-order valence-electron chi connectivity index (χ1n) is 14.3. The monoisotopic (exact) mass is 458 g/mol. The van der Waals surface area contributed by atoms with E-state index in [0.717, 1.165) is 18.8 Å². The van der Waals surface area contributed by atoms with Gasteiger partial charge in [-0.25, -0.2) is 0 Å². The summed E-state index contributed by atoms with van der Waals surface area (Å²) in [6.07, 6.45) is 12.6. The molecule has 0 radical (unpaired) electrons. The maximum atomic E-state index is 10.9. The van der Waals surface area contributed by atoms with E-state index < -0.39 is 5.60 Å². The normalized spacial score (nSPS) is 59.4. The molecule has 33 heavy (non-hydrogen) atoms. The molecule has 5 aliphatic carbocycles. The zero-order valence-electron chi connectivity index (χ0n) is 22.4. The van der Waals surface area contributed by atoms with E-state index in [1.54, 1.807) is 0 Å². The molecular weight excluding hydrogens is 408 g/mol. The van der Waals surface area contributed by atoms with Gasteiger partial charge in [-0.1, -0.05) is 34.6 Å². The molecule has 0 amide bonds. The molecule has 0 bridgehead atoms. The summed E-state index contributed by atoms with van der Waals surface area (Å²) < 4.78 is 6.89. The van der Waals surface area contributed by atoms with Crippen molar-refractivity contribution < 1.29 is 14.9 Å². The summed E-state index contributed by atoms with van der Waals surface area (Å²) in [4.78, 5) is 0. The third kappa shape index (κ3) is 2.64. The predicted molar refractivity (Wildman–Crippen MR) is 132 cm³/mol. The zero-order chi connectivity index (χ0) is 23.8. The van der Waals surface area contributed by atoms with E-state index in [-0.39, 0.29) is 17.6 Å². The average Bonchev–Trinajstić information content (AvgIpc) is 3.35. The van der Waals surface area contributed by atoms with Gasteiger partial charge >= 0.3 is 0 Å². The van der Waals surface area contributed by atoms with E-state index in [0.29, 0.717) is 45.5 Å². The second kappa shape index (κ2) is 6.60. The highest BCUT2D eigenvalue weighted by Gasteiger charge is 2.83. The van der Waals surface area contributed by atoms with Gasteiger partial charge in [0.2, 0.25) is 0 Å². The van der Waals surface area contributed by atoms with Crippen molar-refractivity contribution in [3.8, 4) is 0 Å². The van der Waals surface area contributed by atoms with Crippen LogP contribution in [0.15, 0.2) is 0 Å². The maximum Gasteiger partial charge on any atom is 0.0860 e. The fraction of sp³-hybridized carbons (Fsp3) is 1.00. The second-order valence-corrected chi connectivity index (χ2v) is 15.5. The lowest BCUT2D eigenvalue weighted by molar-refractivity contribution is -0.161. The van der Waals surface area contributed by atoms with Gasteiger partial charge in [-0.2, -0.15) is 0 Å². The molecule has 0 aromatic heterocycles. The fourth-order valence-corrected chi connectivity index (χ4v) is 11.9. The smallest absolute Gasteiger partial charge is 0.0860 e. The third-order valence-corrected chi connectivity index (χ3v) is 13.7. The second-order valence-electron chi connectivity index (χ2n) is 15.5. The van der Waals surface area contributed by atoms with Crippen molar-refractivity contribution in [1.29, 1.82) is 0 Å². The van der Waals surface area contributed by atoms with E-state index in [4.69, 9.17) is 4.74 Å². The van der Waals surface area contributed by atoms with Gasteiger partial charge < -0.3 is 14.9 Å². The van der Waals surface area contributed by atoms with Crippen LogP contribution in [0.2, 0.25) is 0 Å². The minimum Gasteiger partial charge on any atom is -0.393 e. The van der Waals surface area contributed by atoms with Gasteiger partial charge in [0.1, 0.15) is 0 Å². The van der Waals surface area contributed by atoms with E-state index in [2.05, 4.69) is 34.6 Å². The molecule has 6 fully saturated rings. The number of ether oxygens (including phenoxy) is 1. The Morgan fingerprint density at radius 2 is 1.48 bits per heavy atom. The molecule has 11 atom stereocenters. The molecule has 6 aliphatic rings. The SMILES string of the molecule is C[C@@H]1CC[C@H](C(C)(C)O)O[C@H]2C[C@@]3(C)[C@H]4CC[C@H]5C(C)(C)[C@@H](O)CC[C@@]56C[C@@]46CC[C@]3(C)[C@@H]12. The van der Waals surface area contributed by atoms with Crippen molar-refractivity contribution in [2.24, 2.45) is 50.7 Å². The molecule has 188 valence electrons. The summed E-state index contributed by atoms with van der Waals surface area (Å²) in [5.74, 6) is 2.77. The molecule has 5 saturated carbocycles. The van der Waals surface area contributed by atoms with Gasteiger partial charge in [-0.15, -0.1) is 0 Å². The number of fused-ring (bicyclic) bond motifs is 4. The van der Waals surface area contributed by atoms with E-state index in [1.165, 1.54) is 51.4 Å². The van der Waals surface area contributed by atoms with Gasteiger partial charge in [-0.3, -0.25) is 0 Å². The van der Waals surface area contributed by atoms with Crippen molar-refractivity contribution >= 4 is 0 Å². The lowest BCUT2D eigenvalue weighted by Crippen LogP contribution is -2.57. The Morgan fingerprint density at radius 3 is 2.18 bits per heavy atom. The van der Waals surface area contributed by atoms with Crippen LogP contribution >= 0.6 is 0 Å². The van der Waals surface area contributed by atoms with Crippen LogP contribution in [0, 0.1) is 50.7 Å². The first-order valence-corrected chi connectivity index (χ1v) is 14.3. The zero-order valence-corrected chi connectivity index (χ0v) is 22.4. The van der Waals surface area contributed by atoms with Crippen LogP contribution in [0.4, 0.5) is 0 Å². The Hall–Kier alpha value is -0.120. The van der Waals surface area contributed by atoms with Gasteiger partial charge in [0.05, 0.1) is 23.9 Å². The van der Waals surface area contributed by atoms with Gasteiger partial charge in [-0.05, 0) is 129 Å². The molecule has 2 spiro atoms. The topological polar surface area (TPSA) is 49.7 Å². The highest BCUT2D eigenvalue weighted by molar-refractivity contribution is 5.31. The number of aliphatic hydroxyl groups is 2. The molecule has 0 aromatic carbocycles. The molecule has 6 rings (SSSR count). The Kier molecular flexibility index (Phi) is 4.66. The molecule has 0 unspecified atom stereocenters. The Morgan fingerprint density at radius 1 is 0.818 bits per heavy atom. The number of rotatable bonds is 1. The molecule has 3 nitrogen and oxygen atoms in total. The Balaban J connectivity index is 1.36. The van der Waals surface area contributed by atoms with E-state index >= 15 is 0 Å². The molecule has 1 saturated heterocycles. The lowest BCUT2D eigenvalue weighted by atomic mass is 9.41. The van der Waals surface area contributed by atoms with Crippen molar-refractivity contribution in [2.75, 3.05) is 0 Å². The minimum atomic E-state index is -0.765. The quantitative estimate of drug-likeness (QED) is 0.481. The van der Waals surface area contributed by atoms with Crippen LogP contribution in [-0.4, -0.2) is 34.1 Å². The van der Waals surface area contributed by atoms with Crippen LogP contribution in [0.1, 0.15) is 113 Å². The molecule has 0 aromatic rings. The summed E-state index contributed by atoms with van der Waals surface area (Å²) in [7, 11) is 0. The van der Waals surface area contributed by atoms with Gasteiger partial charge in [0.15, 0.2) is 0 Å². The van der Waals surface area contributed by atoms with Crippen molar-refractivity contribution in [3.05, 3.63) is 0 Å². The molecule has 1 heterocycles. The highest BCUT2D eigenvalue weighted by atomic mass is 16.5. The number of hydrogen-bond donors (Lipinski definition) is 2. The summed E-state index contributed by atoms with van der Waals surface area (Å²) in [5.41, 5.74) is 0.971. The van der Waals surface area contributed by atoms with E-state index in [9.17, 15) is 10.2 Å². The summed E-state index contributed by atoms with van der Waals surface area (Å²) in [6.45, 7) is 16.4. The summed E-state index contributed by atoms with van der Waals surface area (Å²) >= 11 is 0. The molecular formula is C30H50O3. The number of aliphatic hydroxyl groups excluding tert-OH is 1. The highest BCUT2D eigenvalue weighted by Crippen LogP contribution is 2.89. The van der Waals surface area contributed by atoms with Crippen molar-refractivity contribution in [3.63, 3.8) is 0 Å². The largest absolute Gasteiger partial charge is 0.393 e. The predicted octanol–water partition coefficient (Wildman–Crippen LogP) is 6.35. The summed E-state index contributed by atoms with van der Waals surface area (Å²) in [5, 5.41) is 21.7. The van der Waals surface area contributed by atoms with Crippen LogP contribution in [0.3, 0.4) is 0 Å².